The second-order valence-electron chi connectivity index (χ2n) is 5.81. The first-order valence-electron chi connectivity index (χ1n) is 7.85. The molecular formula is C18H21NO5. The van der Waals surface area contributed by atoms with Crippen LogP contribution in [0.25, 0.3) is 0 Å². The van der Waals surface area contributed by atoms with Crippen molar-refractivity contribution in [2.75, 3.05) is 27.3 Å². The van der Waals surface area contributed by atoms with Crippen LogP contribution >= 0.6 is 0 Å². The van der Waals surface area contributed by atoms with Gasteiger partial charge in [0.05, 0.1) is 13.2 Å². The third kappa shape index (κ3) is 3.38. The fraction of sp³-hybridized carbons (Fsp3) is 0.389. The summed E-state index contributed by atoms with van der Waals surface area (Å²) in [6.07, 6.45) is -0.0672. The van der Waals surface area contributed by atoms with Crippen molar-refractivity contribution in [3.8, 4) is 11.5 Å². The summed E-state index contributed by atoms with van der Waals surface area (Å²) in [6, 6.07) is 11.1. The van der Waals surface area contributed by atoms with Crippen LogP contribution in [0, 0.1) is 0 Å². The predicted octanol–water partition coefficient (Wildman–Crippen LogP) is 2.90. The Morgan fingerprint density at radius 1 is 1.29 bits per heavy atom. The normalized spacial score (nSPS) is 17.6. The smallest absolute Gasteiger partial charge is 0.373 e. The highest BCUT2D eigenvalue weighted by molar-refractivity contribution is 5.86. The molecule has 1 aromatic carbocycles. The molecule has 0 amide bonds. The number of carbonyl (C=O) groups is 1. The van der Waals surface area contributed by atoms with Gasteiger partial charge in [-0.25, -0.2) is 4.79 Å². The lowest BCUT2D eigenvalue weighted by Gasteiger charge is -2.31. The van der Waals surface area contributed by atoms with Crippen molar-refractivity contribution in [2.24, 2.45) is 0 Å². The molecule has 0 aliphatic carbocycles. The van der Waals surface area contributed by atoms with Gasteiger partial charge in [0.1, 0.15) is 18.5 Å². The van der Waals surface area contributed by atoms with Gasteiger partial charge >= 0.3 is 5.97 Å². The maximum absolute atomic E-state index is 11.5. The van der Waals surface area contributed by atoms with Gasteiger partial charge in [-0.05, 0) is 38.2 Å². The lowest BCUT2D eigenvalue weighted by atomic mass is 10.2. The number of hydrogen-bond acceptors (Lipinski definition) is 6. The number of esters is 1. The highest BCUT2D eigenvalue weighted by Gasteiger charge is 2.25. The van der Waals surface area contributed by atoms with Crippen LogP contribution in [0.5, 0.6) is 11.5 Å². The molecule has 0 saturated heterocycles. The maximum Gasteiger partial charge on any atom is 0.373 e. The van der Waals surface area contributed by atoms with Crippen LogP contribution in [-0.2, 0) is 4.74 Å². The SMILES string of the molecule is COC(=O)c1ccc(C(C)N(C)CC2COc3ccccc3O2)o1. The number of benzene rings is 1. The van der Waals surface area contributed by atoms with Gasteiger partial charge in [0.2, 0.25) is 5.76 Å². The van der Waals surface area contributed by atoms with E-state index in [2.05, 4.69) is 9.64 Å². The van der Waals surface area contributed by atoms with Crippen molar-refractivity contribution in [1.82, 2.24) is 4.90 Å². The van der Waals surface area contributed by atoms with Gasteiger partial charge in [0.25, 0.3) is 0 Å². The molecule has 1 aromatic heterocycles. The van der Waals surface area contributed by atoms with Crippen LogP contribution in [0.4, 0.5) is 0 Å². The fourth-order valence-corrected chi connectivity index (χ4v) is 2.64. The standard InChI is InChI=1S/C18H21NO5/c1-12(14-8-9-17(24-14)18(20)21-3)19(2)10-13-11-22-15-6-4-5-7-16(15)23-13/h4-9,12-13H,10-11H2,1-3H3. The Hall–Kier alpha value is -2.47. The Bertz CT molecular complexity index is 711. The number of hydrogen-bond donors (Lipinski definition) is 0. The van der Waals surface area contributed by atoms with Gasteiger partial charge in [0, 0.05) is 6.54 Å². The lowest BCUT2D eigenvalue weighted by molar-refractivity contribution is 0.0508. The molecular weight excluding hydrogens is 310 g/mol. The number of carbonyl (C=O) groups excluding carboxylic acids is 1. The third-order valence-corrected chi connectivity index (χ3v) is 4.15. The molecule has 3 rings (SSSR count). The van der Waals surface area contributed by atoms with E-state index < -0.39 is 5.97 Å². The van der Waals surface area contributed by atoms with E-state index in [1.165, 1.54) is 7.11 Å². The Labute approximate surface area is 140 Å². The van der Waals surface area contributed by atoms with Crippen LogP contribution < -0.4 is 9.47 Å². The molecule has 24 heavy (non-hydrogen) atoms. The molecule has 0 spiro atoms. The van der Waals surface area contributed by atoms with Gasteiger partial charge in [-0.1, -0.05) is 12.1 Å². The average Bonchev–Trinajstić information content (AvgIpc) is 3.10. The van der Waals surface area contributed by atoms with E-state index in [9.17, 15) is 4.79 Å². The molecule has 6 nitrogen and oxygen atoms in total. The average molecular weight is 331 g/mol. The van der Waals surface area contributed by atoms with Crippen LogP contribution in [0.3, 0.4) is 0 Å². The molecule has 0 fully saturated rings. The van der Waals surface area contributed by atoms with Crippen molar-refractivity contribution < 1.29 is 23.4 Å². The molecule has 2 unspecified atom stereocenters. The molecule has 0 N–H and O–H groups in total. The minimum atomic E-state index is -0.475. The van der Waals surface area contributed by atoms with Crippen LogP contribution in [0.2, 0.25) is 0 Å². The Kier molecular flexibility index (Phi) is 4.76. The summed E-state index contributed by atoms with van der Waals surface area (Å²) in [4.78, 5) is 13.6. The Morgan fingerprint density at radius 3 is 2.79 bits per heavy atom. The summed E-state index contributed by atoms with van der Waals surface area (Å²) in [5.74, 6) is 1.98. The quantitative estimate of drug-likeness (QED) is 0.785. The molecule has 1 aliphatic heterocycles. The number of methoxy groups -OCH3 is 1. The number of ether oxygens (including phenoxy) is 3. The van der Waals surface area contributed by atoms with E-state index in [1.54, 1.807) is 12.1 Å². The van der Waals surface area contributed by atoms with E-state index in [0.29, 0.717) is 18.9 Å². The van der Waals surface area contributed by atoms with Crippen molar-refractivity contribution in [3.63, 3.8) is 0 Å². The molecule has 0 radical (unpaired) electrons. The molecule has 1 aliphatic rings. The molecule has 128 valence electrons. The zero-order valence-electron chi connectivity index (χ0n) is 14.0. The number of fused-ring (bicyclic) bond motifs is 1. The zero-order valence-corrected chi connectivity index (χ0v) is 14.0. The minimum absolute atomic E-state index is 0.0100. The second kappa shape index (κ2) is 6.97. The first-order valence-corrected chi connectivity index (χ1v) is 7.85. The van der Waals surface area contributed by atoms with Crippen molar-refractivity contribution in [2.45, 2.75) is 19.1 Å². The summed E-state index contributed by atoms with van der Waals surface area (Å²) in [5.41, 5.74) is 0. The van der Waals surface area contributed by atoms with Gasteiger partial charge in [0.15, 0.2) is 11.5 Å². The zero-order chi connectivity index (χ0) is 17.1. The largest absolute Gasteiger partial charge is 0.486 e. The first kappa shape index (κ1) is 16.4. The van der Waals surface area contributed by atoms with Gasteiger partial charge in [-0.3, -0.25) is 4.90 Å². The lowest BCUT2D eigenvalue weighted by Crippen LogP contribution is -2.40. The summed E-state index contributed by atoms with van der Waals surface area (Å²) >= 11 is 0. The first-order chi connectivity index (χ1) is 11.6. The molecule has 2 heterocycles. The third-order valence-electron chi connectivity index (χ3n) is 4.15. The number of nitrogens with zero attached hydrogens (tertiary/aromatic N) is 1. The monoisotopic (exact) mass is 331 g/mol. The van der Waals surface area contributed by atoms with Crippen molar-refractivity contribution >= 4 is 5.97 Å². The number of likely N-dealkylation sites (N-methyl/N-ethyl adjacent to an activating group) is 1. The highest BCUT2D eigenvalue weighted by atomic mass is 16.6. The van der Waals surface area contributed by atoms with Crippen LogP contribution in [0.1, 0.15) is 29.3 Å². The summed E-state index contributed by atoms with van der Waals surface area (Å²) in [5, 5.41) is 0. The highest BCUT2D eigenvalue weighted by Crippen LogP contribution is 2.31. The van der Waals surface area contributed by atoms with E-state index in [4.69, 9.17) is 13.9 Å². The van der Waals surface area contributed by atoms with Crippen molar-refractivity contribution in [3.05, 3.63) is 47.9 Å². The second-order valence-corrected chi connectivity index (χ2v) is 5.81. The Morgan fingerprint density at radius 2 is 2.04 bits per heavy atom. The number of furan rings is 1. The Balaban J connectivity index is 1.61. The van der Waals surface area contributed by atoms with Crippen molar-refractivity contribution in [1.29, 1.82) is 0 Å². The maximum atomic E-state index is 11.5. The van der Waals surface area contributed by atoms with E-state index >= 15 is 0 Å². The van der Waals surface area contributed by atoms with Gasteiger partial charge in [-0.15, -0.1) is 0 Å². The summed E-state index contributed by atoms with van der Waals surface area (Å²) < 4.78 is 22.0. The van der Waals surface area contributed by atoms with Crippen LogP contribution in [0.15, 0.2) is 40.8 Å². The minimum Gasteiger partial charge on any atom is -0.486 e. The topological polar surface area (TPSA) is 61.1 Å². The summed E-state index contributed by atoms with van der Waals surface area (Å²) in [6.45, 7) is 3.18. The molecule has 0 bridgehead atoms. The summed E-state index contributed by atoms with van der Waals surface area (Å²) in [7, 11) is 3.31. The molecule has 2 atom stereocenters. The fourth-order valence-electron chi connectivity index (χ4n) is 2.64. The molecule has 0 saturated carbocycles. The van der Waals surface area contributed by atoms with E-state index in [1.807, 2.05) is 38.2 Å². The number of rotatable bonds is 5. The van der Waals surface area contributed by atoms with E-state index in [-0.39, 0.29) is 17.9 Å². The van der Waals surface area contributed by atoms with Gasteiger partial charge < -0.3 is 18.6 Å². The van der Waals surface area contributed by atoms with Gasteiger partial charge in [-0.2, -0.15) is 0 Å². The molecule has 2 aromatic rings. The predicted molar refractivity (Wildman–Crippen MR) is 87.4 cm³/mol. The number of para-hydroxylation sites is 2. The molecule has 6 heteroatoms. The van der Waals surface area contributed by atoms with E-state index in [0.717, 1.165) is 11.5 Å². The van der Waals surface area contributed by atoms with Crippen LogP contribution in [-0.4, -0.2) is 44.3 Å².